The van der Waals surface area contributed by atoms with Crippen LogP contribution in [0.15, 0.2) is 27.2 Å². The Kier molecular flexibility index (Phi) is 3.54. The SMILES string of the molecule is CCC(N)c1noc(-c2ccc(Br)c(F)c2)n1. The molecule has 0 saturated heterocycles. The van der Waals surface area contributed by atoms with E-state index in [1.165, 1.54) is 6.07 Å². The fourth-order valence-corrected chi connectivity index (χ4v) is 1.56. The van der Waals surface area contributed by atoms with Gasteiger partial charge in [0.25, 0.3) is 5.89 Å². The number of hydrogen-bond donors (Lipinski definition) is 1. The Balaban J connectivity index is 2.33. The van der Waals surface area contributed by atoms with Crippen LogP contribution < -0.4 is 5.73 Å². The van der Waals surface area contributed by atoms with Crippen molar-refractivity contribution in [2.45, 2.75) is 19.4 Å². The molecule has 0 amide bonds. The van der Waals surface area contributed by atoms with Crippen LogP contribution in [-0.4, -0.2) is 10.1 Å². The van der Waals surface area contributed by atoms with E-state index in [1.54, 1.807) is 12.1 Å². The zero-order valence-electron chi connectivity index (χ0n) is 9.15. The first-order valence-electron chi connectivity index (χ1n) is 5.16. The molecule has 4 nitrogen and oxygen atoms in total. The van der Waals surface area contributed by atoms with Gasteiger partial charge in [0.05, 0.1) is 10.5 Å². The van der Waals surface area contributed by atoms with Gasteiger partial charge in [-0.25, -0.2) is 4.39 Å². The Labute approximate surface area is 106 Å². The van der Waals surface area contributed by atoms with E-state index >= 15 is 0 Å². The third-order valence-corrected chi connectivity index (χ3v) is 3.02. The largest absolute Gasteiger partial charge is 0.334 e. The standard InChI is InChI=1S/C11H11BrFN3O/c1-2-9(14)10-15-11(17-16-10)6-3-4-7(12)8(13)5-6/h3-5,9H,2,14H2,1H3. The summed E-state index contributed by atoms with van der Waals surface area (Å²) in [5.74, 6) is 0.336. The molecule has 17 heavy (non-hydrogen) atoms. The van der Waals surface area contributed by atoms with Gasteiger partial charge >= 0.3 is 0 Å². The van der Waals surface area contributed by atoms with E-state index < -0.39 is 0 Å². The first kappa shape index (κ1) is 12.2. The molecule has 2 rings (SSSR count). The molecular weight excluding hydrogens is 289 g/mol. The molecule has 1 aromatic heterocycles. The molecular formula is C11H11BrFN3O. The second-order valence-corrected chi connectivity index (χ2v) is 4.46. The van der Waals surface area contributed by atoms with Crippen LogP contribution in [0.5, 0.6) is 0 Å². The van der Waals surface area contributed by atoms with E-state index in [0.29, 0.717) is 22.3 Å². The molecule has 1 atom stereocenters. The van der Waals surface area contributed by atoms with Gasteiger partial charge in [0.2, 0.25) is 0 Å². The maximum atomic E-state index is 13.3. The van der Waals surface area contributed by atoms with Crippen molar-refractivity contribution >= 4 is 15.9 Å². The molecule has 90 valence electrons. The predicted octanol–water partition coefficient (Wildman–Crippen LogP) is 3.05. The van der Waals surface area contributed by atoms with Crippen molar-refractivity contribution in [2.75, 3.05) is 0 Å². The number of aromatic nitrogens is 2. The minimum atomic E-state index is -0.373. The minimum Gasteiger partial charge on any atom is -0.334 e. The van der Waals surface area contributed by atoms with Crippen molar-refractivity contribution in [1.29, 1.82) is 0 Å². The molecule has 0 aliphatic heterocycles. The van der Waals surface area contributed by atoms with Gasteiger partial charge in [0, 0.05) is 5.56 Å². The van der Waals surface area contributed by atoms with Crippen LogP contribution in [0.1, 0.15) is 25.2 Å². The average molecular weight is 300 g/mol. The number of halogens is 2. The number of benzene rings is 1. The lowest BCUT2D eigenvalue weighted by Crippen LogP contribution is -2.10. The lowest BCUT2D eigenvalue weighted by Gasteiger charge is -1.99. The summed E-state index contributed by atoms with van der Waals surface area (Å²) in [7, 11) is 0. The summed E-state index contributed by atoms with van der Waals surface area (Å²) in [6.07, 6.45) is 0.716. The fraction of sp³-hybridized carbons (Fsp3) is 0.273. The van der Waals surface area contributed by atoms with Gasteiger partial charge in [0.1, 0.15) is 5.82 Å². The first-order valence-corrected chi connectivity index (χ1v) is 5.95. The van der Waals surface area contributed by atoms with E-state index in [4.69, 9.17) is 10.3 Å². The van der Waals surface area contributed by atoms with Gasteiger partial charge in [0.15, 0.2) is 5.82 Å². The highest BCUT2D eigenvalue weighted by atomic mass is 79.9. The van der Waals surface area contributed by atoms with Crippen molar-refractivity contribution in [1.82, 2.24) is 10.1 Å². The first-order chi connectivity index (χ1) is 8.11. The number of hydrogen-bond acceptors (Lipinski definition) is 4. The van der Waals surface area contributed by atoms with Crippen LogP contribution in [0.2, 0.25) is 0 Å². The zero-order chi connectivity index (χ0) is 12.4. The molecule has 0 saturated carbocycles. The van der Waals surface area contributed by atoms with Gasteiger partial charge < -0.3 is 10.3 Å². The summed E-state index contributed by atoms with van der Waals surface area (Å²) in [4.78, 5) is 4.14. The second-order valence-electron chi connectivity index (χ2n) is 3.60. The van der Waals surface area contributed by atoms with Crippen LogP contribution in [0.3, 0.4) is 0 Å². The van der Waals surface area contributed by atoms with Gasteiger partial charge in [-0.3, -0.25) is 0 Å². The molecule has 0 aliphatic carbocycles. The van der Waals surface area contributed by atoms with Crippen molar-refractivity contribution < 1.29 is 8.91 Å². The van der Waals surface area contributed by atoms with Gasteiger partial charge in [-0.15, -0.1) is 0 Å². The van der Waals surface area contributed by atoms with E-state index in [2.05, 4.69) is 26.1 Å². The van der Waals surface area contributed by atoms with E-state index in [0.717, 1.165) is 0 Å². The zero-order valence-corrected chi connectivity index (χ0v) is 10.7. The summed E-state index contributed by atoms with van der Waals surface area (Å²) < 4.78 is 18.8. The van der Waals surface area contributed by atoms with Gasteiger partial charge in [-0.1, -0.05) is 12.1 Å². The highest BCUT2D eigenvalue weighted by Crippen LogP contribution is 2.24. The maximum absolute atomic E-state index is 13.3. The number of rotatable bonds is 3. The molecule has 2 aromatic rings. The third-order valence-electron chi connectivity index (χ3n) is 2.38. The fourth-order valence-electron chi connectivity index (χ4n) is 1.31. The Morgan fingerprint density at radius 3 is 2.94 bits per heavy atom. The summed E-state index contributed by atoms with van der Waals surface area (Å²) in [5.41, 5.74) is 6.31. The molecule has 0 fully saturated rings. The Morgan fingerprint density at radius 1 is 1.53 bits per heavy atom. The van der Waals surface area contributed by atoms with E-state index in [1.807, 2.05) is 6.92 Å². The van der Waals surface area contributed by atoms with Crippen LogP contribution in [0.4, 0.5) is 4.39 Å². The van der Waals surface area contributed by atoms with Crippen molar-refractivity contribution in [2.24, 2.45) is 5.73 Å². The Morgan fingerprint density at radius 2 is 2.29 bits per heavy atom. The van der Waals surface area contributed by atoms with Crippen LogP contribution in [0, 0.1) is 5.82 Å². The average Bonchev–Trinajstić information content (AvgIpc) is 2.81. The van der Waals surface area contributed by atoms with Gasteiger partial charge in [-0.05, 0) is 40.5 Å². The highest BCUT2D eigenvalue weighted by molar-refractivity contribution is 9.10. The number of nitrogens with two attached hydrogens (primary N) is 1. The summed E-state index contributed by atoms with van der Waals surface area (Å²) >= 11 is 3.08. The summed E-state index contributed by atoms with van der Waals surface area (Å²) in [6, 6.07) is 4.36. The van der Waals surface area contributed by atoms with Crippen LogP contribution >= 0.6 is 15.9 Å². The van der Waals surface area contributed by atoms with Crippen molar-refractivity contribution in [3.05, 3.63) is 34.3 Å². The molecule has 2 N–H and O–H groups in total. The topological polar surface area (TPSA) is 64.9 Å². The quantitative estimate of drug-likeness (QED) is 0.946. The van der Waals surface area contributed by atoms with Gasteiger partial charge in [-0.2, -0.15) is 4.98 Å². The minimum absolute atomic E-state index is 0.257. The van der Waals surface area contributed by atoms with Crippen molar-refractivity contribution in [3.8, 4) is 11.5 Å². The third kappa shape index (κ3) is 2.53. The van der Waals surface area contributed by atoms with Crippen molar-refractivity contribution in [3.63, 3.8) is 0 Å². The van der Waals surface area contributed by atoms with E-state index in [9.17, 15) is 4.39 Å². The molecule has 0 aliphatic rings. The Hall–Kier alpha value is -1.27. The molecule has 0 spiro atoms. The molecule has 0 bridgehead atoms. The Bertz CT molecular complexity index is 529. The smallest absolute Gasteiger partial charge is 0.258 e. The normalized spacial score (nSPS) is 12.7. The van der Waals surface area contributed by atoms with E-state index in [-0.39, 0.29) is 17.7 Å². The molecule has 1 unspecified atom stereocenters. The predicted molar refractivity (Wildman–Crippen MR) is 64.6 cm³/mol. The highest BCUT2D eigenvalue weighted by Gasteiger charge is 2.14. The van der Waals surface area contributed by atoms with Crippen LogP contribution in [-0.2, 0) is 0 Å². The monoisotopic (exact) mass is 299 g/mol. The lowest BCUT2D eigenvalue weighted by molar-refractivity contribution is 0.415. The second kappa shape index (κ2) is 4.93. The molecule has 6 heteroatoms. The molecule has 0 radical (unpaired) electrons. The summed E-state index contributed by atoms with van der Waals surface area (Å²) in [5, 5.41) is 3.77. The lowest BCUT2D eigenvalue weighted by atomic mass is 10.2. The molecule has 1 heterocycles. The maximum Gasteiger partial charge on any atom is 0.258 e. The molecule has 1 aromatic carbocycles. The number of nitrogens with zero attached hydrogens (tertiary/aromatic N) is 2. The van der Waals surface area contributed by atoms with Crippen LogP contribution in [0.25, 0.3) is 11.5 Å². The summed E-state index contributed by atoms with van der Waals surface area (Å²) in [6.45, 7) is 1.93.